The molecule has 0 aliphatic carbocycles. The third kappa shape index (κ3) is 5.08. The van der Waals surface area contributed by atoms with Crippen molar-refractivity contribution in [2.24, 2.45) is 11.8 Å². The summed E-state index contributed by atoms with van der Waals surface area (Å²) in [4.78, 5) is 7.37. The van der Waals surface area contributed by atoms with Crippen LogP contribution >= 0.6 is 0 Å². The predicted molar refractivity (Wildman–Crippen MR) is 165 cm³/mol. The molecule has 3 aliphatic rings. The van der Waals surface area contributed by atoms with Crippen LogP contribution in [-0.4, -0.2) is 58.4 Å². The number of anilines is 1. The van der Waals surface area contributed by atoms with Gasteiger partial charge < -0.3 is 14.0 Å². The van der Waals surface area contributed by atoms with Gasteiger partial charge in [-0.05, 0) is 91.5 Å². The molecule has 0 radical (unpaired) electrons. The van der Waals surface area contributed by atoms with E-state index in [0.717, 1.165) is 47.6 Å². The second-order valence-corrected chi connectivity index (χ2v) is 13.1. The number of imidazole rings is 1. The molecule has 0 spiro atoms. The summed E-state index contributed by atoms with van der Waals surface area (Å²) in [7, 11) is 2.48. The second kappa shape index (κ2) is 10.5. The summed E-state index contributed by atoms with van der Waals surface area (Å²) in [6.07, 6.45) is 13.0. The number of piperidine rings is 1. The van der Waals surface area contributed by atoms with Crippen molar-refractivity contribution >= 4 is 5.69 Å². The minimum Gasteiger partial charge on any atom is -0.371 e. The highest BCUT2D eigenvalue weighted by atomic mass is 15.3. The van der Waals surface area contributed by atoms with E-state index in [-0.39, 0.29) is 0 Å². The summed E-state index contributed by atoms with van der Waals surface area (Å²) >= 11 is 0. The van der Waals surface area contributed by atoms with Crippen molar-refractivity contribution in [2.75, 3.05) is 44.7 Å². The molecule has 7 rings (SSSR count). The Morgan fingerprint density at radius 3 is 2.66 bits per heavy atom. The number of rotatable bonds is 6. The molecule has 0 N–H and O–H groups in total. The Balaban J connectivity index is 1.07. The van der Waals surface area contributed by atoms with Crippen LogP contribution in [0.5, 0.6) is 0 Å². The number of benzene rings is 2. The molecule has 0 bridgehead atoms. The van der Waals surface area contributed by atoms with Gasteiger partial charge in [0.1, 0.15) is 0 Å². The van der Waals surface area contributed by atoms with Crippen LogP contribution in [0.15, 0.2) is 67.1 Å². The maximum atomic E-state index is 9.19. The van der Waals surface area contributed by atoms with Crippen LogP contribution < -0.4 is 4.90 Å². The smallest absolute Gasteiger partial charge is 0.161 e. The quantitative estimate of drug-likeness (QED) is 0.223. The molecule has 1 atom stereocenters. The number of hydrogen-bond donors (Lipinski definition) is 0. The minimum absolute atomic E-state index is 0.683. The Bertz CT molecular complexity index is 1580. The first kappa shape index (κ1) is 26.1. The van der Waals surface area contributed by atoms with E-state index in [2.05, 4.69) is 70.7 Å². The minimum atomic E-state index is 0.683. The fourth-order valence-electron chi connectivity index (χ4n) is 7.33. The Morgan fingerprint density at radius 1 is 1.02 bits per heavy atom. The molecule has 1 unspecified atom stereocenters. The molecule has 4 aromatic rings. The molecule has 5 heterocycles. The second-order valence-electron chi connectivity index (χ2n) is 13.1. The average molecular weight is 546 g/mol. The average Bonchev–Trinajstić information content (AvgIpc) is 3.74. The normalized spacial score (nSPS) is 23.4. The van der Waals surface area contributed by atoms with Gasteiger partial charge in [0.15, 0.2) is 5.82 Å². The van der Waals surface area contributed by atoms with E-state index in [1.165, 1.54) is 79.7 Å². The molecule has 6 nitrogen and oxygen atoms in total. The van der Waals surface area contributed by atoms with Crippen LogP contribution in [0.2, 0.25) is 0 Å². The van der Waals surface area contributed by atoms with Crippen molar-refractivity contribution in [2.45, 2.75) is 45.6 Å². The van der Waals surface area contributed by atoms with Crippen LogP contribution in [0.25, 0.3) is 28.3 Å². The Morgan fingerprint density at radius 2 is 1.85 bits per heavy atom. The van der Waals surface area contributed by atoms with Gasteiger partial charge in [0.05, 0.1) is 49.7 Å². The molecule has 3 aliphatic heterocycles. The number of nitrogens with zero attached hydrogens (tertiary/aromatic N) is 6. The van der Waals surface area contributed by atoms with E-state index in [0.29, 0.717) is 5.56 Å². The number of nitriles is 1. The van der Waals surface area contributed by atoms with Crippen LogP contribution in [0.4, 0.5) is 5.69 Å². The van der Waals surface area contributed by atoms with E-state index < -0.39 is 0 Å². The zero-order chi connectivity index (χ0) is 28.0. The Hall–Kier alpha value is -3.82. The van der Waals surface area contributed by atoms with Crippen molar-refractivity contribution < 1.29 is 4.48 Å². The first-order chi connectivity index (χ1) is 20.0. The summed E-state index contributed by atoms with van der Waals surface area (Å²) in [5.41, 5.74) is 7.95. The fourth-order valence-corrected chi connectivity index (χ4v) is 7.33. The first-order valence-corrected chi connectivity index (χ1v) is 15.4. The lowest BCUT2D eigenvalue weighted by Gasteiger charge is -2.40. The van der Waals surface area contributed by atoms with Crippen LogP contribution in [0.1, 0.15) is 50.2 Å². The van der Waals surface area contributed by atoms with Gasteiger partial charge in [0.25, 0.3) is 0 Å². The van der Waals surface area contributed by atoms with Gasteiger partial charge in [-0.1, -0.05) is 19.1 Å². The van der Waals surface area contributed by atoms with Gasteiger partial charge in [0.2, 0.25) is 0 Å². The van der Waals surface area contributed by atoms with Crippen LogP contribution in [0.3, 0.4) is 0 Å². The van der Waals surface area contributed by atoms with Gasteiger partial charge >= 0.3 is 0 Å². The van der Waals surface area contributed by atoms with Gasteiger partial charge in [-0.2, -0.15) is 5.26 Å². The van der Waals surface area contributed by atoms with E-state index in [9.17, 15) is 5.26 Å². The molecule has 2 aromatic carbocycles. The molecule has 2 fully saturated rings. The molecule has 6 heteroatoms. The molecule has 41 heavy (non-hydrogen) atoms. The Kier molecular flexibility index (Phi) is 6.71. The number of fused-ring (bicyclic) bond motifs is 5. The zero-order valence-electron chi connectivity index (χ0n) is 24.5. The number of quaternary nitrogens is 1. The van der Waals surface area contributed by atoms with Crippen molar-refractivity contribution in [1.29, 1.82) is 5.26 Å². The van der Waals surface area contributed by atoms with Gasteiger partial charge in [0, 0.05) is 49.5 Å². The van der Waals surface area contributed by atoms with Gasteiger partial charge in [-0.3, -0.25) is 4.57 Å². The summed E-state index contributed by atoms with van der Waals surface area (Å²) < 4.78 is 5.86. The lowest BCUT2D eigenvalue weighted by molar-refractivity contribution is -0.915. The Labute approximate surface area is 244 Å². The van der Waals surface area contributed by atoms with E-state index in [4.69, 9.17) is 4.98 Å². The maximum Gasteiger partial charge on any atom is 0.161 e. The van der Waals surface area contributed by atoms with Crippen molar-refractivity contribution in [3.05, 3.63) is 78.2 Å². The van der Waals surface area contributed by atoms with Crippen molar-refractivity contribution in [3.8, 4) is 34.4 Å². The first-order valence-electron chi connectivity index (χ1n) is 15.4. The monoisotopic (exact) mass is 545 g/mol. The molecular formula is C35H41N6+. The lowest BCUT2D eigenvalue weighted by Crippen LogP contribution is -2.50. The van der Waals surface area contributed by atoms with E-state index >= 15 is 0 Å². The third-order valence-electron chi connectivity index (χ3n) is 10.1. The zero-order valence-corrected chi connectivity index (χ0v) is 24.5. The van der Waals surface area contributed by atoms with Crippen LogP contribution in [-0.2, 0) is 6.54 Å². The topological polar surface area (TPSA) is 49.8 Å². The van der Waals surface area contributed by atoms with Crippen molar-refractivity contribution in [3.63, 3.8) is 0 Å². The molecular weight excluding hydrogens is 504 g/mol. The summed E-state index contributed by atoms with van der Waals surface area (Å²) in [6, 6.07) is 19.3. The molecule has 0 amide bonds. The van der Waals surface area contributed by atoms with Gasteiger partial charge in [-0.25, -0.2) is 4.98 Å². The molecule has 2 aromatic heterocycles. The molecule has 210 valence electrons. The van der Waals surface area contributed by atoms with Gasteiger partial charge in [-0.15, -0.1) is 0 Å². The molecule has 0 saturated carbocycles. The highest BCUT2D eigenvalue weighted by molar-refractivity contribution is 5.72. The largest absolute Gasteiger partial charge is 0.371 e. The third-order valence-corrected chi connectivity index (χ3v) is 10.1. The predicted octanol–water partition coefficient (Wildman–Crippen LogP) is 6.72. The highest BCUT2D eigenvalue weighted by Crippen LogP contribution is 2.36. The number of aromatic nitrogens is 3. The standard InChI is InChI=1S/C35H41N6/c1-26-12-18-41(2,19-13-26)17-3-4-28-11-15-38(23-28)32-9-10-33-31(20-32)25-39-24-30(29-7-5-27(22-36)6-8-29)21-34(39)35-37-14-16-40(33)35/h5-10,14,16,20-21,24,26,28H,3-4,11-13,15,17-19,23,25H2,1-2H3/q+1. The highest BCUT2D eigenvalue weighted by Gasteiger charge is 2.29. The number of hydrogen-bond acceptors (Lipinski definition) is 3. The summed E-state index contributed by atoms with van der Waals surface area (Å²) in [5, 5.41) is 9.19. The van der Waals surface area contributed by atoms with Crippen LogP contribution in [0, 0.1) is 23.2 Å². The summed E-state index contributed by atoms with van der Waals surface area (Å²) in [5.74, 6) is 2.69. The lowest BCUT2D eigenvalue weighted by atomic mass is 9.96. The van der Waals surface area contributed by atoms with Crippen molar-refractivity contribution in [1.82, 2.24) is 14.1 Å². The molecule has 2 saturated heterocycles. The van der Waals surface area contributed by atoms with E-state index in [1.54, 1.807) is 0 Å². The maximum absolute atomic E-state index is 9.19. The van der Waals surface area contributed by atoms with E-state index in [1.807, 2.05) is 30.5 Å². The fraction of sp³-hybridized carbons (Fsp3) is 0.429. The number of likely N-dealkylation sites (tertiary alicyclic amines) is 1. The SMILES string of the molecule is CC1CC[N+](C)(CCCC2CCN(c3ccc4c(c3)Cn3cc(-c5ccc(C#N)cc5)cc3-c3nccn3-4)C2)CC1. The summed E-state index contributed by atoms with van der Waals surface area (Å²) in [6.45, 7) is 9.63.